The molecule has 3 saturated heterocycles. The van der Waals surface area contributed by atoms with Gasteiger partial charge in [0.15, 0.2) is 11.6 Å². The van der Waals surface area contributed by atoms with E-state index in [0.29, 0.717) is 0 Å². The van der Waals surface area contributed by atoms with Gasteiger partial charge in [0.2, 0.25) is 5.79 Å². The molecule has 3 aliphatic heterocycles. The van der Waals surface area contributed by atoms with Crippen molar-refractivity contribution in [2.24, 2.45) is 5.13 Å². The van der Waals surface area contributed by atoms with E-state index in [4.69, 9.17) is 52.6 Å². The minimum absolute atomic E-state index is 1.31. The van der Waals surface area contributed by atoms with Crippen molar-refractivity contribution in [3.63, 3.8) is 0 Å². The first-order valence-corrected chi connectivity index (χ1v) is 6.54. The summed E-state index contributed by atoms with van der Waals surface area (Å²) in [5, 5.41) is -1.31. The van der Waals surface area contributed by atoms with E-state index in [2.05, 4.69) is 4.18 Å². The Bertz CT molecular complexity index is 1230. The van der Waals surface area contributed by atoms with E-state index >= 15 is 0 Å². The minimum Gasteiger partial charge on any atom is -0.343 e. The van der Waals surface area contributed by atoms with Gasteiger partial charge in [-0.3, -0.25) is 4.18 Å². The van der Waals surface area contributed by atoms with Crippen LogP contribution in [0.15, 0.2) is 0 Å². The van der Waals surface area contributed by atoms with E-state index in [1.807, 2.05) is 0 Å². The Labute approximate surface area is 158 Å². The summed E-state index contributed by atoms with van der Waals surface area (Å²) in [7, 11) is -6.02. The van der Waals surface area contributed by atoms with Crippen molar-refractivity contribution >= 4 is 10.3 Å². The van der Waals surface area contributed by atoms with Gasteiger partial charge < -0.3 is 23.7 Å². The fourth-order valence-electron chi connectivity index (χ4n) is 1.67. The van der Waals surface area contributed by atoms with Gasteiger partial charge in [0.1, 0.15) is 27.6 Å². The summed E-state index contributed by atoms with van der Waals surface area (Å²) in [5.74, 6) is -13.5. The SMILES string of the molecule is [2H]N([2H])S(=O)(=O)OC([2H])([2H])[C@]12OC(C([2H])([2H])[2H])(C([2H])([2H])[2H])O[C@@]1([2H])[C@]1([2H])OC(C([2H])([2H])[2H])(C([2H])([2H])[2H])O[C@]1([2H])C([2H])([2H])O2. The van der Waals surface area contributed by atoms with Gasteiger partial charge in [-0.2, -0.15) is 8.42 Å². The number of nitrogens with two attached hydrogens (primary N) is 1. The van der Waals surface area contributed by atoms with Crippen molar-refractivity contribution in [3.05, 3.63) is 0 Å². The molecule has 0 unspecified atom stereocenters. The van der Waals surface area contributed by atoms with Crippen molar-refractivity contribution < 1.29 is 65.2 Å². The molecule has 0 aromatic heterocycles. The summed E-state index contributed by atoms with van der Waals surface area (Å²) in [5.41, 5.74) is 0. The molecule has 0 aromatic carbocycles. The minimum atomic E-state index is -6.02. The van der Waals surface area contributed by atoms with Crippen molar-refractivity contribution in [3.8, 4) is 0 Å². The van der Waals surface area contributed by atoms with Crippen LogP contribution in [0.4, 0.5) is 0 Å². The zero-order valence-corrected chi connectivity index (χ0v) is 10.9. The zero-order valence-electron chi connectivity index (χ0n) is 31.1. The lowest BCUT2D eigenvalue weighted by Gasteiger charge is -2.40. The number of hydrogen-bond acceptors (Lipinski definition) is 8. The fourth-order valence-corrected chi connectivity index (χ4v) is 1.89. The predicted octanol–water partition coefficient (Wildman–Crippen LogP) is -0.395. The molecule has 9 nitrogen and oxygen atoms in total. The first kappa shape index (κ1) is 4.64. The highest BCUT2D eigenvalue weighted by Gasteiger charge is 2.65. The van der Waals surface area contributed by atoms with E-state index < -0.39 is 91.6 Å². The van der Waals surface area contributed by atoms with Gasteiger partial charge in [0.05, 0.1) is 16.2 Å². The van der Waals surface area contributed by atoms with Crippen LogP contribution in [0.25, 0.3) is 0 Å². The molecule has 3 fully saturated rings. The average Bonchev–Trinajstić information content (AvgIpc) is 3.18. The Balaban J connectivity index is 2.58. The molecule has 0 radical (unpaired) electrons. The quantitative estimate of drug-likeness (QED) is 0.720. The molecule has 0 spiro atoms. The third-order valence-electron chi connectivity index (χ3n) is 2.31. The van der Waals surface area contributed by atoms with E-state index in [-0.39, 0.29) is 0 Å². The molecular formula is C12H21NO8S. The van der Waals surface area contributed by atoms with Gasteiger partial charge in [-0.25, -0.2) is 5.13 Å². The largest absolute Gasteiger partial charge is 0.343 e. The van der Waals surface area contributed by atoms with Gasteiger partial charge in [-0.05, 0) is 27.4 Å². The van der Waals surface area contributed by atoms with Crippen LogP contribution < -0.4 is 5.13 Å². The lowest BCUT2D eigenvalue weighted by atomic mass is 9.98. The number of ether oxygens (including phenoxy) is 5. The normalized spacial score (nSPS) is 72.3. The molecule has 0 aromatic rings. The van der Waals surface area contributed by atoms with Crippen molar-refractivity contribution in [2.45, 2.75) is 63.0 Å². The third-order valence-corrected chi connectivity index (χ3v) is 2.60. The first-order chi connectivity index (χ1) is 18.4. The second-order valence-corrected chi connectivity index (χ2v) is 5.08. The van der Waals surface area contributed by atoms with Gasteiger partial charge >= 0.3 is 10.3 Å². The molecular weight excluding hydrogens is 318 g/mol. The van der Waals surface area contributed by atoms with Gasteiger partial charge in [0, 0.05) is 16.4 Å². The van der Waals surface area contributed by atoms with E-state index in [1.54, 1.807) is 0 Å². The molecule has 2 N–H and O–H groups in total. The lowest BCUT2D eigenvalue weighted by molar-refractivity contribution is -0.290. The average molecular weight is 360 g/mol. The Morgan fingerprint density at radius 1 is 1.41 bits per heavy atom. The molecule has 22 heavy (non-hydrogen) atoms. The molecule has 0 amide bonds. The van der Waals surface area contributed by atoms with Gasteiger partial charge in [-0.1, -0.05) is 0 Å². The van der Waals surface area contributed by atoms with Crippen LogP contribution in [0.1, 0.15) is 53.5 Å². The number of fused-ring (bicyclic) bond motifs is 3. The Morgan fingerprint density at radius 2 is 2.18 bits per heavy atom. The molecule has 0 bridgehead atoms. The summed E-state index contributed by atoms with van der Waals surface area (Å²) in [6.45, 7) is -26.1. The predicted molar refractivity (Wildman–Crippen MR) is 71.6 cm³/mol. The third kappa shape index (κ3) is 3.02. The maximum atomic E-state index is 12.2. The molecule has 128 valence electrons. The molecule has 3 rings (SSSR count). The van der Waals surface area contributed by atoms with E-state index in [1.165, 1.54) is 0 Å². The number of rotatable bonds is 4. The molecule has 3 heterocycles. The Morgan fingerprint density at radius 3 is 2.86 bits per heavy atom. The second kappa shape index (κ2) is 4.84. The van der Waals surface area contributed by atoms with Crippen molar-refractivity contribution in [1.82, 2.24) is 0 Å². The molecule has 10 heteroatoms. The van der Waals surface area contributed by atoms with Crippen LogP contribution in [0.5, 0.6) is 0 Å². The highest BCUT2D eigenvalue weighted by Crippen LogP contribution is 2.47. The highest BCUT2D eigenvalue weighted by molar-refractivity contribution is 7.84. The van der Waals surface area contributed by atoms with Crippen LogP contribution in [-0.4, -0.2) is 57.1 Å². The summed E-state index contributed by atoms with van der Waals surface area (Å²) in [4.78, 5) is 0. The first-order valence-electron chi connectivity index (χ1n) is 15.6. The maximum Gasteiger partial charge on any atom is 0.333 e. The smallest absolute Gasteiger partial charge is 0.333 e. The van der Waals surface area contributed by atoms with Crippen LogP contribution in [0, 0.1) is 0 Å². The number of hydrogen-bond donors (Lipinski definition) is 1. The topological polar surface area (TPSA) is 116 Å². The summed E-state index contributed by atoms with van der Waals surface area (Å²) in [6, 6.07) is 0. The van der Waals surface area contributed by atoms with Gasteiger partial charge in [0.25, 0.3) is 0 Å². The van der Waals surface area contributed by atoms with Crippen molar-refractivity contribution in [2.75, 3.05) is 13.1 Å². The van der Waals surface area contributed by atoms with Crippen LogP contribution >= 0.6 is 0 Å². The monoisotopic (exact) mass is 360 g/mol. The molecule has 4 atom stereocenters. The Kier molecular flexibility index (Phi) is 1.02. The van der Waals surface area contributed by atoms with E-state index in [0.717, 1.165) is 0 Å². The standard InChI is InChI=1S/C12H21NO8S/c1-10(2)18-7-5-16-12(6-17-22(13,14)15)9(8(7)19-10)20-11(3,4)21-12/h7-9H,5-6H2,1-4H3,(H2,13,14,15)/t7-,8-,9+,12+/m1/s1/i1D3,2D3,3D3,4D3,5D2,6D2,7D,8D,9D/hD2. The second-order valence-electron chi connectivity index (χ2n) is 4.06. The van der Waals surface area contributed by atoms with Crippen LogP contribution in [0.3, 0.4) is 0 Å². The Hall–Kier alpha value is -0.330. The maximum absolute atomic E-state index is 12.2. The summed E-state index contributed by atoms with van der Waals surface area (Å²) in [6.07, 6.45) is -13.7. The summed E-state index contributed by atoms with van der Waals surface area (Å²) < 4.78 is 219. The molecule has 3 aliphatic rings. The highest BCUT2D eigenvalue weighted by atomic mass is 32.2. The van der Waals surface area contributed by atoms with Crippen LogP contribution in [0.2, 0.25) is 2.82 Å². The van der Waals surface area contributed by atoms with Crippen LogP contribution in [-0.2, 0) is 38.2 Å². The molecule has 0 aliphatic carbocycles. The zero-order chi connectivity index (χ0) is 34.3. The van der Waals surface area contributed by atoms with Crippen molar-refractivity contribution in [1.29, 1.82) is 0 Å². The summed E-state index contributed by atoms with van der Waals surface area (Å²) >= 11 is 0. The fraction of sp³-hybridized carbons (Fsp3) is 1.00. The lowest BCUT2D eigenvalue weighted by Crippen LogP contribution is -2.60. The molecule has 0 saturated carbocycles. The van der Waals surface area contributed by atoms with E-state index in [9.17, 15) is 8.42 Å². The van der Waals surface area contributed by atoms with Gasteiger partial charge in [-0.15, -0.1) is 0 Å².